The number of rotatable bonds is 7. The summed E-state index contributed by atoms with van der Waals surface area (Å²) >= 11 is 0. The first-order chi connectivity index (χ1) is 10.6. The monoisotopic (exact) mass is 341 g/mol. The van der Waals surface area contributed by atoms with Crippen LogP contribution < -0.4 is 15.4 Å². The molecule has 2 N–H and O–H groups in total. The molecule has 0 atom stereocenters. The maximum absolute atomic E-state index is 12.2. The molecule has 0 bridgehead atoms. The van der Waals surface area contributed by atoms with Gasteiger partial charge in [-0.1, -0.05) is 19.9 Å². The number of ether oxygens (including phenoxy) is 1. The summed E-state index contributed by atoms with van der Waals surface area (Å²) in [7, 11) is 0. The van der Waals surface area contributed by atoms with E-state index < -0.39 is 0 Å². The summed E-state index contributed by atoms with van der Waals surface area (Å²) in [4.78, 5) is 14.5. The van der Waals surface area contributed by atoms with Crippen molar-refractivity contribution in [3.05, 3.63) is 29.8 Å². The van der Waals surface area contributed by atoms with Gasteiger partial charge < -0.3 is 15.4 Å². The smallest absolute Gasteiger partial charge is 0.251 e. The predicted molar refractivity (Wildman–Crippen MR) is 95.7 cm³/mol. The minimum Gasteiger partial charge on any atom is -0.493 e. The minimum absolute atomic E-state index is 0. The van der Waals surface area contributed by atoms with Gasteiger partial charge in [0, 0.05) is 44.8 Å². The third-order valence-electron chi connectivity index (χ3n) is 3.60. The van der Waals surface area contributed by atoms with Gasteiger partial charge in [-0.25, -0.2) is 0 Å². The van der Waals surface area contributed by atoms with Crippen molar-refractivity contribution in [1.82, 2.24) is 15.5 Å². The molecular weight excluding hydrogens is 314 g/mol. The van der Waals surface area contributed by atoms with Crippen molar-refractivity contribution in [2.75, 3.05) is 45.9 Å². The number of piperazine rings is 1. The summed E-state index contributed by atoms with van der Waals surface area (Å²) in [5.74, 6) is 1.19. The van der Waals surface area contributed by atoms with Crippen LogP contribution in [0.2, 0.25) is 0 Å². The van der Waals surface area contributed by atoms with Gasteiger partial charge in [0.1, 0.15) is 5.75 Å². The average molecular weight is 342 g/mol. The van der Waals surface area contributed by atoms with Crippen molar-refractivity contribution in [3.8, 4) is 5.75 Å². The number of amides is 1. The van der Waals surface area contributed by atoms with Crippen molar-refractivity contribution in [1.29, 1.82) is 0 Å². The molecule has 6 heteroatoms. The van der Waals surface area contributed by atoms with Crippen molar-refractivity contribution in [3.63, 3.8) is 0 Å². The van der Waals surface area contributed by atoms with E-state index in [0.29, 0.717) is 24.6 Å². The van der Waals surface area contributed by atoms with Crippen LogP contribution in [0, 0.1) is 5.92 Å². The molecule has 0 aliphatic carbocycles. The van der Waals surface area contributed by atoms with Gasteiger partial charge >= 0.3 is 0 Å². The highest BCUT2D eigenvalue weighted by atomic mass is 35.5. The van der Waals surface area contributed by atoms with E-state index in [2.05, 4.69) is 29.4 Å². The molecule has 1 aliphatic heterocycles. The number of hydrogen-bond donors (Lipinski definition) is 2. The fourth-order valence-electron chi connectivity index (χ4n) is 2.35. The van der Waals surface area contributed by atoms with Gasteiger partial charge in [0.2, 0.25) is 0 Å². The zero-order valence-electron chi connectivity index (χ0n) is 14.0. The van der Waals surface area contributed by atoms with E-state index in [4.69, 9.17) is 4.74 Å². The van der Waals surface area contributed by atoms with Crippen LogP contribution in [0.5, 0.6) is 5.75 Å². The topological polar surface area (TPSA) is 53.6 Å². The molecule has 0 radical (unpaired) electrons. The summed E-state index contributed by atoms with van der Waals surface area (Å²) in [5, 5.41) is 6.30. The molecule has 1 heterocycles. The molecule has 1 fully saturated rings. The third kappa shape index (κ3) is 7.20. The Hall–Kier alpha value is -1.30. The Bertz CT molecular complexity index is 477. The van der Waals surface area contributed by atoms with Crippen molar-refractivity contribution in [2.24, 2.45) is 5.92 Å². The van der Waals surface area contributed by atoms with E-state index in [1.807, 2.05) is 24.3 Å². The maximum atomic E-state index is 12.2. The van der Waals surface area contributed by atoms with E-state index in [1.165, 1.54) is 0 Å². The maximum Gasteiger partial charge on any atom is 0.251 e. The number of benzene rings is 1. The van der Waals surface area contributed by atoms with Crippen LogP contribution in [0.15, 0.2) is 24.3 Å². The van der Waals surface area contributed by atoms with Crippen LogP contribution >= 0.6 is 12.4 Å². The Morgan fingerprint density at radius 3 is 2.78 bits per heavy atom. The van der Waals surface area contributed by atoms with Gasteiger partial charge in [0.25, 0.3) is 5.91 Å². The largest absolute Gasteiger partial charge is 0.493 e. The highest BCUT2D eigenvalue weighted by Crippen LogP contribution is 2.14. The van der Waals surface area contributed by atoms with Crippen LogP contribution in [0.25, 0.3) is 0 Å². The lowest BCUT2D eigenvalue weighted by Crippen LogP contribution is -2.46. The summed E-state index contributed by atoms with van der Waals surface area (Å²) in [6, 6.07) is 7.38. The van der Waals surface area contributed by atoms with E-state index in [9.17, 15) is 4.79 Å². The van der Waals surface area contributed by atoms with Crippen molar-refractivity contribution < 1.29 is 9.53 Å². The molecule has 130 valence electrons. The molecule has 1 aromatic carbocycles. The number of hydrogen-bond acceptors (Lipinski definition) is 4. The second kappa shape index (κ2) is 10.5. The molecule has 0 saturated carbocycles. The van der Waals surface area contributed by atoms with Gasteiger partial charge in [-0.2, -0.15) is 0 Å². The Morgan fingerprint density at radius 1 is 1.35 bits per heavy atom. The Morgan fingerprint density at radius 2 is 2.09 bits per heavy atom. The predicted octanol–water partition coefficient (Wildman–Crippen LogP) is 1.78. The summed E-state index contributed by atoms with van der Waals surface area (Å²) < 4.78 is 5.66. The number of carbonyl (C=O) groups is 1. The van der Waals surface area contributed by atoms with Gasteiger partial charge in [0.05, 0.1) is 6.61 Å². The number of halogens is 1. The van der Waals surface area contributed by atoms with Gasteiger partial charge in [-0.05, 0) is 24.1 Å². The third-order valence-corrected chi connectivity index (χ3v) is 3.60. The second-order valence-electron chi connectivity index (χ2n) is 6.08. The van der Waals surface area contributed by atoms with Gasteiger partial charge in [-0.3, -0.25) is 9.69 Å². The van der Waals surface area contributed by atoms with Crippen LogP contribution in [0.4, 0.5) is 0 Å². The van der Waals surface area contributed by atoms with Crippen molar-refractivity contribution in [2.45, 2.75) is 13.8 Å². The van der Waals surface area contributed by atoms with Crippen LogP contribution in [-0.4, -0.2) is 56.7 Å². The molecule has 1 amide bonds. The summed E-state index contributed by atoms with van der Waals surface area (Å²) in [6.45, 7) is 10.6. The Balaban J connectivity index is 0.00000264. The molecule has 0 spiro atoms. The van der Waals surface area contributed by atoms with E-state index >= 15 is 0 Å². The molecule has 1 saturated heterocycles. The molecule has 0 aromatic heterocycles. The Labute approximate surface area is 145 Å². The number of carbonyl (C=O) groups excluding carboxylic acids is 1. The highest BCUT2D eigenvalue weighted by Gasteiger charge is 2.10. The first kappa shape index (κ1) is 19.7. The fraction of sp³-hybridized carbons (Fsp3) is 0.588. The number of nitrogens with zero attached hydrogens (tertiary/aromatic N) is 1. The molecule has 23 heavy (non-hydrogen) atoms. The minimum atomic E-state index is -0.0369. The van der Waals surface area contributed by atoms with Crippen LogP contribution in [0.1, 0.15) is 24.2 Å². The zero-order chi connectivity index (χ0) is 15.8. The summed E-state index contributed by atoms with van der Waals surface area (Å²) in [6.07, 6.45) is 0. The van der Waals surface area contributed by atoms with Crippen LogP contribution in [0.3, 0.4) is 0 Å². The first-order valence-electron chi connectivity index (χ1n) is 8.09. The molecular formula is C17H28ClN3O2. The van der Waals surface area contributed by atoms with Gasteiger partial charge in [-0.15, -0.1) is 12.4 Å². The zero-order valence-corrected chi connectivity index (χ0v) is 14.8. The van der Waals surface area contributed by atoms with Gasteiger partial charge in [0.15, 0.2) is 0 Å². The average Bonchev–Trinajstić information content (AvgIpc) is 2.54. The molecule has 0 unspecified atom stereocenters. The fourth-order valence-corrected chi connectivity index (χ4v) is 2.35. The lowest BCUT2D eigenvalue weighted by Gasteiger charge is -2.27. The highest BCUT2D eigenvalue weighted by molar-refractivity contribution is 5.94. The molecule has 1 aromatic rings. The lowest BCUT2D eigenvalue weighted by atomic mass is 10.2. The van der Waals surface area contributed by atoms with E-state index in [-0.39, 0.29) is 18.3 Å². The lowest BCUT2D eigenvalue weighted by molar-refractivity contribution is 0.0946. The summed E-state index contributed by atoms with van der Waals surface area (Å²) in [5.41, 5.74) is 0.654. The quantitative estimate of drug-likeness (QED) is 0.793. The number of nitrogens with one attached hydrogen (secondary N) is 2. The van der Waals surface area contributed by atoms with Crippen LogP contribution in [-0.2, 0) is 0 Å². The molecule has 5 nitrogen and oxygen atoms in total. The SMILES string of the molecule is CC(C)COc1cccc(C(=O)NCCN2CCNCC2)c1.Cl. The van der Waals surface area contributed by atoms with E-state index in [0.717, 1.165) is 38.5 Å². The second-order valence-corrected chi connectivity index (χ2v) is 6.08. The molecule has 1 aliphatic rings. The first-order valence-corrected chi connectivity index (χ1v) is 8.09. The molecule has 2 rings (SSSR count). The normalized spacial score (nSPS) is 15.1. The Kier molecular flexibility index (Phi) is 8.99. The van der Waals surface area contributed by atoms with E-state index in [1.54, 1.807) is 0 Å². The van der Waals surface area contributed by atoms with Crippen molar-refractivity contribution >= 4 is 18.3 Å². The standard InChI is InChI=1S/C17H27N3O2.ClH/c1-14(2)13-22-16-5-3-4-15(12-16)17(21)19-8-11-20-9-6-18-7-10-20;/h3-5,12,14,18H,6-11,13H2,1-2H3,(H,19,21);1H.